The quantitative estimate of drug-likeness (QED) is 0.825. The average Bonchev–Trinajstić information content (AvgIpc) is 3.10. The van der Waals surface area contributed by atoms with E-state index in [1.807, 2.05) is 0 Å². The van der Waals surface area contributed by atoms with Gasteiger partial charge in [0.2, 0.25) is 5.91 Å². The summed E-state index contributed by atoms with van der Waals surface area (Å²) in [7, 11) is 1.71. The SMILES string of the molecule is CNC(=O)CC(c1ccccc1C)C1CC1. The van der Waals surface area contributed by atoms with Crippen LogP contribution >= 0.6 is 0 Å². The van der Waals surface area contributed by atoms with Gasteiger partial charge >= 0.3 is 0 Å². The van der Waals surface area contributed by atoms with Crippen molar-refractivity contribution in [1.29, 1.82) is 0 Å². The van der Waals surface area contributed by atoms with E-state index in [1.54, 1.807) is 7.05 Å². The van der Waals surface area contributed by atoms with Gasteiger partial charge in [0.25, 0.3) is 0 Å². The molecule has 2 heteroatoms. The highest BCUT2D eigenvalue weighted by Crippen LogP contribution is 2.45. The molecule has 0 spiro atoms. The Kier molecular flexibility index (Phi) is 3.28. The molecule has 16 heavy (non-hydrogen) atoms. The molecule has 1 aliphatic carbocycles. The third kappa shape index (κ3) is 2.43. The number of amides is 1. The van der Waals surface area contributed by atoms with E-state index in [1.165, 1.54) is 24.0 Å². The van der Waals surface area contributed by atoms with Crippen LogP contribution in [0.3, 0.4) is 0 Å². The first-order valence-electron chi connectivity index (χ1n) is 5.98. The van der Waals surface area contributed by atoms with Crippen molar-refractivity contribution in [1.82, 2.24) is 5.32 Å². The van der Waals surface area contributed by atoms with Crippen LogP contribution in [0.5, 0.6) is 0 Å². The van der Waals surface area contributed by atoms with Crippen LogP contribution in [-0.2, 0) is 4.79 Å². The highest BCUT2D eigenvalue weighted by atomic mass is 16.1. The molecule has 0 aliphatic heterocycles. The predicted octanol–water partition coefficient (Wildman–Crippen LogP) is 2.62. The Bertz CT molecular complexity index is 382. The predicted molar refractivity (Wildman–Crippen MR) is 65.3 cm³/mol. The summed E-state index contributed by atoms with van der Waals surface area (Å²) in [4.78, 5) is 11.5. The van der Waals surface area contributed by atoms with Crippen LogP contribution in [-0.4, -0.2) is 13.0 Å². The van der Waals surface area contributed by atoms with Crippen molar-refractivity contribution in [3.8, 4) is 0 Å². The van der Waals surface area contributed by atoms with Crippen LogP contribution in [0.2, 0.25) is 0 Å². The Morgan fingerprint density at radius 2 is 2.12 bits per heavy atom. The fraction of sp³-hybridized carbons (Fsp3) is 0.500. The van der Waals surface area contributed by atoms with Crippen molar-refractivity contribution in [2.75, 3.05) is 7.05 Å². The monoisotopic (exact) mass is 217 g/mol. The average molecular weight is 217 g/mol. The number of rotatable bonds is 4. The fourth-order valence-corrected chi connectivity index (χ4v) is 2.33. The van der Waals surface area contributed by atoms with Gasteiger partial charge in [0.1, 0.15) is 0 Å². The Hall–Kier alpha value is -1.31. The molecule has 86 valence electrons. The lowest BCUT2D eigenvalue weighted by atomic mass is 9.88. The Morgan fingerprint density at radius 3 is 2.69 bits per heavy atom. The number of hydrogen-bond acceptors (Lipinski definition) is 1. The van der Waals surface area contributed by atoms with Gasteiger partial charge in [-0.3, -0.25) is 4.79 Å². The Labute approximate surface area is 97.1 Å². The number of carbonyl (C=O) groups excluding carboxylic acids is 1. The maximum Gasteiger partial charge on any atom is 0.220 e. The van der Waals surface area contributed by atoms with Crippen molar-refractivity contribution < 1.29 is 4.79 Å². The molecular formula is C14H19NO. The molecule has 0 radical (unpaired) electrons. The molecule has 1 saturated carbocycles. The standard InChI is InChI=1S/C14H19NO/c1-10-5-3-4-6-12(10)13(11-7-8-11)9-14(16)15-2/h3-6,11,13H,7-9H2,1-2H3,(H,15,16). The lowest BCUT2D eigenvalue weighted by Crippen LogP contribution is -2.21. The maximum absolute atomic E-state index is 11.5. The number of aryl methyl sites for hydroxylation is 1. The summed E-state index contributed by atoms with van der Waals surface area (Å²) in [5.41, 5.74) is 2.66. The largest absolute Gasteiger partial charge is 0.359 e. The van der Waals surface area contributed by atoms with Gasteiger partial charge in [-0.05, 0) is 42.7 Å². The lowest BCUT2D eigenvalue weighted by Gasteiger charge is -2.18. The van der Waals surface area contributed by atoms with E-state index in [0.717, 1.165) is 5.92 Å². The third-order valence-electron chi connectivity index (χ3n) is 3.46. The minimum atomic E-state index is 0.153. The normalized spacial score (nSPS) is 16.9. The van der Waals surface area contributed by atoms with Gasteiger partial charge in [-0.1, -0.05) is 24.3 Å². The molecule has 1 fully saturated rings. The van der Waals surface area contributed by atoms with E-state index in [2.05, 4.69) is 36.5 Å². The minimum absolute atomic E-state index is 0.153. The number of carbonyl (C=O) groups is 1. The van der Waals surface area contributed by atoms with Crippen molar-refractivity contribution in [3.05, 3.63) is 35.4 Å². The number of nitrogens with one attached hydrogen (secondary N) is 1. The summed E-state index contributed by atoms with van der Waals surface area (Å²) in [6.45, 7) is 2.13. The van der Waals surface area contributed by atoms with Gasteiger partial charge in [-0.2, -0.15) is 0 Å². The van der Waals surface area contributed by atoms with Gasteiger partial charge in [0, 0.05) is 13.5 Å². The number of benzene rings is 1. The molecule has 0 heterocycles. The molecule has 1 aromatic carbocycles. The van der Waals surface area contributed by atoms with Crippen LogP contribution in [0.25, 0.3) is 0 Å². The van der Waals surface area contributed by atoms with E-state index in [-0.39, 0.29) is 5.91 Å². The van der Waals surface area contributed by atoms with Crippen LogP contribution in [0, 0.1) is 12.8 Å². The van der Waals surface area contributed by atoms with Crippen molar-refractivity contribution >= 4 is 5.91 Å². The highest BCUT2D eigenvalue weighted by Gasteiger charge is 2.33. The smallest absolute Gasteiger partial charge is 0.220 e. The summed E-state index contributed by atoms with van der Waals surface area (Å²) >= 11 is 0. The van der Waals surface area contributed by atoms with E-state index in [9.17, 15) is 4.79 Å². The second-order valence-electron chi connectivity index (χ2n) is 4.68. The molecule has 0 bridgehead atoms. The van der Waals surface area contributed by atoms with Gasteiger partial charge in [0.15, 0.2) is 0 Å². The van der Waals surface area contributed by atoms with Gasteiger partial charge in [-0.15, -0.1) is 0 Å². The third-order valence-corrected chi connectivity index (χ3v) is 3.46. The van der Waals surface area contributed by atoms with Crippen molar-refractivity contribution in [2.45, 2.75) is 32.1 Å². The summed E-state index contributed by atoms with van der Waals surface area (Å²) in [6, 6.07) is 8.43. The molecule has 1 aromatic rings. The summed E-state index contributed by atoms with van der Waals surface area (Å²) < 4.78 is 0. The Balaban J connectivity index is 2.19. The van der Waals surface area contributed by atoms with Gasteiger partial charge in [-0.25, -0.2) is 0 Å². The molecule has 1 amide bonds. The molecule has 1 unspecified atom stereocenters. The second kappa shape index (κ2) is 4.69. The first kappa shape index (κ1) is 11.2. The molecule has 1 aliphatic rings. The molecule has 2 rings (SSSR count). The molecule has 0 aromatic heterocycles. The van der Waals surface area contributed by atoms with E-state index < -0.39 is 0 Å². The van der Waals surface area contributed by atoms with Gasteiger partial charge in [0.05, 0.1) is 0 Å². The topological polar surface area (TPSA) is 29.1 Å². The molecule has 2 nitrogen and oxygen atoms in total. The van der Waals surface area contributed by atoms with Crippen LogP contribution in [0.1, 0.15) is 36.3 Å². The van der Waals surface area contributed by atoms with Crippen molar-refractivity contribution in [3.63, 3.8) is 0 Å². The first-order chi connectivity index (χ1) is 7.72. The first-order valence-corrected chi connectivity index (χ1v) is 5.98. The highest BCUT2D eigenvalue weighted by molar-refractivity contribution is 5.76. The Morgan fingerprint density at radius 1 is 1.44 bits per heavy atom. The van der Waals surface area contributed by atoms with E-state index >= 15 is 0 Å². The zero-order valence-electron chi connectivity index (χ0n) is 9.99. The molecule has 1 N–H and O–H groups in total. The van der Waals surface area contributed by atoms with Crippen LogP contribution in [0.15, 0.2) is 24.3 Å². The van der Waals surface area contributed by atoms with E-state index in [4.69, 9.17) is 0 Å². The summed E-state index contributed by atoms with van der Waals surface area (Å²) in [5.74, 6) is 1.29. The van der Waals surface area contributed by atoms with Crippen LogP contribution in [0.4, 0.5) is 0 Å². The second-order valence-corrected chi connectivity index (χ2v) is 4.68. The molecule has 1 atom stereocenters. The zero-order valence-corrected chi connectivity index (χ0v) is 9.99. The van der Waals surface area contributed by atoms with Gasteiger partial charge < -0.3 is 5.32 Å². The minimum Gasteiger partial charge on any atom is -0.359 e. The maximum atomic E-state index is 11.5. The summed E-state index contributed by atoms with van der Waals surface area (Å²) in [5, 5.41) is 2.73. The number of hydrogen-bond donors (Lipinski definition) is 1. The summed E-state index contributed by atoms with van der Waals surface area (Å²) in [6.07, 6.45) is 3.18. The molecule has 0 saturated heterocycles. The zero-order chi connectivity index (χ0) is 11.5. The lowest BCUT2D eigenvalue weighted by molar-refractivity contribution is -0.121. The molecular weight excluding hydrogens is 198 g/mol. The van der Waals surface area contributed by atoms with Crippen molar-refractivity contribution in [2.24, 2.45) is 5.92 Å². The van der Waals surface area contributed by atoms with Crippen LogP contribution < -0.4 is 5.32 Å². The van der Waals surface area contributed by atoms with E-state index in [0.29, 0.717) is 12.3 Å². The fourth-order valence-electron chi connectivity index (χ4n) is 2.33.